The summed E-state index contributed by atoms with van der Waals surface area (Å²) in [6, 6.07) is -1.53. The second kappa shape index (κ2) is 13.4. The Labute approximate surface area is 162 Å². The molecule has 4 N–H and O–H groups in total. The number of rotatable bonds is 12. The van der Waals surface area contributed by atoms with Crippen LogP contribution in [0.15, 0.2) is 0 Å². The lowest BCUT2D eigenvalue weighted by Gasteiger charge is -2.25. The Kier molecular flexibility index (Phi) is 12.5. The first kappa shape index (κ1) is 25.2. The zero-order valence-electron chi connectivity index (χ0n) is 17.4. The number of nitrogens with two attached hydrogens (primary N) is 1. The number of amides is 2. The maximum absolute atomic E-state index is 12.7. The fourth-order valence-electron chi connectivity index (χ4n) is 2.47. The molecule has 1 unspecified atom stereocenters. The number of carbonyl (C=O) groups excluding carboxylic acids is 3. The molecule has 0 aliphatic heterocycles. The number of unbranched alkanes of at least 4 members (excludes halogenated alkanes) is 3. The van der Waals surface area contributed by atoms with Gasteiger partial charge in [-0.25, -0.2) is 9.59 Å². The predicted molar refractivity (Wildman–Crippen MR) is 104 cm³/mol. The minimum Gasteiger partial charge on any atom is -0.467 e. The number of esters is 1. The number of methoxy groups -OCH3 is 1. The molecule has 0 heterocycles. The number of hydrogen-bond acceptors (Lipinski definition) is 6. The van der Waals surface area contributed by atoms with E-state index < -0.39 is 35.7 Å². The summed E-state index contributed by atoms with van der Waals surface area (Å²) in [5.74, 6) is -0.926. The van der Waals surface area contributed by atoms with Crippen LogP contribution >= 0.6 is 0 Å². The third-order valence-electron chi connectivity index (χ3n) is 3.85. The van der Waals surface area contributed by atoms with Gasteiger partial charge in [0.2, 0.25) is 5.91 Å². The Balaban J connectivity index is 4.99. The Bertz CT molecular complexity index is 463. The second-order valence-electron chi connectivity index (χ2n) is 7.56. The lowest BCUT2D eigenvalue weighted by molar-refractivity contribution is -0.145. The maximum Gasteiger partial charge on any atom is 0.408 e. The van der Waals surface area contributed by atoms with Crippen molar-refractivity contribution in [1.29, 1.82) is 0 Å². The molecule has 2 atom stereocenters. The first-order valence-corrected chi connectivity index (χ1v) is 9.72. The van der Waals surface area contributed by atoms with E-state index in [0.29, 0.717) is 25.8 Å². The van der Waals surface area contributed by atoms with E-state index in [1.165, 1.54) is 7.11 Å². The molecule has 158 valence electrons. The minimum atomic E-state index is -0.770. The predicted octanol–water partition coefficient (Wildman–Crippen LogP) is 2.25. The third kappa shape index (κ3) is 12.2. The van der Waals surface area contributed by atoms with Crippen LogP contribution in [0.5, 0.6) is 0 Å². The zero-order chi connectivity index (χ0) is 20.9. The van der Waals surface area contributed by atoms with Gasteiger partial charge >= 0.3 is 12.1 Å². The van der Waals surface area contributed by atoms with Gasteiger partial charge in [0.1, 0.15) is 17.7 Å². The van der Waals surface area contributed by atoms with Crippen molar-refractivity contribution in [3.63, 3.8) is 0 Å². The van der Waals surface area contributed by atoms with Gasteiger partial charge in [0, 0.05) is 0 Å². The minimum absolute atomic E-state index is 0.417. The van der Waals surface area contributed by atoms with Crippen LogP contribution in [0.3, 0.4) is 0 Å². The Hall–Kier alpha value is -1.83. The lowest BCUT2D eigenvalue weighted by Crippen LogP contribution is -2.52. The molecule has 0 saturated carbocycles. The normalized spacial score (nSPS) is 13.4. The Morgan fingerprint density at radius 1 is 0.963 bits per heavy atom. The van der Waals surface area contributed by atoms with Crippen LogP contribution in [0.25, 0.3) is 0 Å². The van der Waals surface area contributed by atoms with Gasteiger partial charge in [0.25, 0.3) is 0 Å². The van der Waals surface area contributed by atoms with E-state index in [9.17, 15) is 14.4 Å². The van der Waals surface area contributed by atoms with E-state index >= 15 is 0 Å². The van der Waals surface area contributed by atoms with Gasteiger partial charge in [-0.15, -0.1) is 0 Å². The van der Waals surface area contributed by atoms with Crippen LogP contribution in [0, 0.1) is 0 Å². The van der Waals surface area contributed by atoms with E-state index in [-0.39, 0.29) is 0 Å². The molecule has 0 bridgehead atoms. The molecule has 8 nitrogen and oxygen atoms in total. The second-order valence-corrected chi connectivity index (χ2v) is 7.56. The number of ether oxygens (including phenoxy) is 2. The SMILES string of the molecule is CCCCC[C@H](NC(=O)OC(C)(C)C)C(=O)NC(CCCCN)C(=O)OC. The largest absolute Gasteiger partial charge is 0.467 e. The summed E-state index contributed by atoms with van der Waals surface area (Å²) >= 11 is 0. The molecule has 0 fully saturated rings. The van der Waals surface area contributed by atoms with Crippen molar-refractivity contribution in [2.24, 2.45) is 5.73 Å². The lowest BCUT2D eigenvalue weighted by atomic mass is 10.1. The van der Waals surface area contributed by atoms with Gasteiger partial charge in [0.05, 0.1) is 7.11 Å². The molecular formula is C19H37N3O5. The van der Waals surface area contributed by atoms with Crippen molar-refractivity contribution in [2.45, 2.75) is 90.3 Å². The summed E-state index contributed by atoms with van der Waals surface area (Å²) in [7, 11) is 1.28. The molecule has 0 rings (SSSR count). The highest BCUT2D eigenvalue weighted by Crippen LogP contribution is 2.10. The van der Waals surface area contributed by atoms with E-state index in [0.717, 1.165) is 25.7 Å². The van der Waals surface area contributed by atoms with E-state index in [2.05, 4.69) is 17.6 Å². The van der Waals surface area contributed by atoms with E-state index in [1.807, 2.05) is 0 Å². The summed E-state index contributed by atoms with van der Waals surface area (Å²) in [6.07, 6.45) is 4.40. The van der Waals surface area contributed by atoms with E-state index in [4.69, 9.17) is 15.2 Å². The molecule has 0 radical (unpaired) electrons. The van der Waals surface area contributed by atoms with Crippen molar-refractivity contribution in [3.8, 4) is 0 Å². The van der Waals surface area contributed by atoms with Gasteiger partial charge < -0.3 is 25.8 Å². The molecule has 0 aromatic heterocycles. The third-order valence-corrected chi connectivity index (χ3v) is 3.85. The number of nitrogens with one attached hydrogen (secondary N) is 2. The summed E-state index contributed by atoms with van der Waals surface area (Å²) < 4.78 is 10.0. The quantitative estimate of drug-likeness (QED) is 0.349. The van der Waals surface area contributed by atoms with Gasteiger partial charge in [-0.05, 0) is 53.0 Å². The molecular weight excluding hydrogens is 350 g/mol. The molecule has 0 aromatic carbocycles. The van der Waals surface area contributed by atoms with Crippen LogP contribution in [0.1, 0.15) is 72.6 Å². The summed E-state index contributed by atoms with van der Waals surface area (Å²) in [5, 5.41) is 5.31. The van der Waals surface area contributed by atoms with Gasteiger partial charge in [-0.2, -0.15) is 0 Å². The number of carbonyl (C=O) groups is 3. The van der Waals surface area contributed by atoms with Crippen LogP contribution in [-0.4, -0.2) is 49.3 Å². The molecule has 0 aliphatic rings. The highest BCUT2D eigenvalue weighted by molar-refractivity contribution is 5.89. The van der Waals surface area contributed by atoms with Crippen LogP contribution in [-0.2, 0) is 19.1 Å². The Morgan fingerprint density at radius 3 is 2.07 bits per heavy atom. The van der Waals surface area contributed by atoms with E-state index in [1.54, 1.807) is 20.8 Å². The molecule has 27 heavy (non-hydrogen) atoms. The fraction of sp³-hybridized carbons (Fsp3) is 0.842. The Morgan fingerprint density at radius 2 is 1.56 bits per heavy atom. The first-order valence-electron chi connectivity index (χ1n) is 9.72. The average Bonchev–Trinajstić information content (AvgIpc) is 2.57. The van der Waals surface area contributed by atoms with Gasteiger partial charge in [-0.1, -0.05) is 26.2 Å². The molecule has 8 heteroatoms. The van der Waals surface area contributed by atoms with Crippen molar-refractivity contribution in [1.82, 2.24) is 10.6 Å². The fourth-order valence-corrected chi connectivity index (χ4v) is 2.47. The monoisotopic (exact) mass is 387 g/mol. The molecule has 0 aromatic rings. The summed E-state index contributed by atoms with van der Waals surface area (Å²) in [4.78, 5) is 36.7. The highest BCUT2D eigenvalue weighted by atomic mass is 16.6. The van der Waals surface area contributed by atoms with Crippen LogP contribution in [0.4, 0.5) is 4.79 Å². The standard InChI is InChI=1S/C19H37N3O5/c1-6-7-8-11-14(22-18(25)27-19(2,3)4)16(23)21-15(17(24)26-5)12-9-10-13-20/h14-15H,6-13,20H2,1-5H3,(H,21,23)(H,22,25)/t14-,15?/m0/s1. The smallest absolute Gasteiger partial charge is 0.408 e. The summed E-state index contributed by atoms with van der Waals surface area (Å²) in [5.41, 5.74) is 4.82. The first-order chi connectivity index (χ1) is 12.6. The average molecular weight is 388 g/mol. The topological polar surface area (TPSA) is 120 Å². The summed E-state index contributed by atoms with van der Waals surface area (Å²) in [6.45, 7) is 7.83. The highest BCUT2D eigenvalue weighted by Gasteiger charge is 2.28. The van der Waals surface area contributed by atoms with Crippen molar-refractivity contribution < 1.29 is 23.9 Å². The molecule has 0 saturated heterocycles. The van der Waals surface area contributed by atoms with Crippen molar-refractivity contribution in [3.05, 3.63) is 0 Å². The number of hydrogen-bond donors (Lipinski definition) is 3. The molecule has 0 aliphatic carbocycles. The molecule has 0 spiro atoms. The van der Waals surface area contributed by atoms with Crippen LogP contribution in [0.2, 0.25) is 0 Å². The van der Waals surface area contributed by atoms with Crippen LogP contribution < -0.4 is 16.4 Å². The van der Waals surface area contributed by atoms with Crippen molar-refractivity contribution >= 4 is 18.0 Å². The number of alkyl carbamates (subject to hydrolysis) is 1. The van der Waals surface area contributed by atoms with Gasteiger partial charge in [-0.3, -0.25) is 4.79 Å². The maximum atomic E-state index is 12.7. The zero-order valence-corrected chi connectivity index (χ0v) is 17.4. The van der Waals surface area contributed by atoms with Crippen molar-refractivity contribution in [2.75, 3.05) is 13.7 Å². The molecule has 2 amide bonds. The van der Waals surface area contributed by atoms with Gasteiger partial charge in [0.15, 0.2) is 0 Å².